The molecule has 2 fully saturated rings. The monoisotopic (exact) mass is 432 g/mol. The Morgan fingerprint density at radius 2 is 1.83 bits per heavy atom. The molecule has 1 aromatic carbocycles. The quantitative estimate of drug-likeness (QED) is 0.488. The van der Waals surface area contributed by atoms with Gasteiger partial charge in [0.1, 0.15) is 6.17 Å². The summed E-state index contributed by atoms with van der Waals surface area (Å²) in [5.74, 6) is 0.443. The Bertz CT molecular complexity index is 775. The van der Waals surface area contributed by atoms with Gasteiger partial charge in [-0.3, -0.25) is 0 Å². The highest BCUT2D eigenvalue weighted by Gasteiger charge is 2.46. The van der Waals surface area contributed by atoms with Gasteiger partial charge in [0.15, 0.2) is 14.6 Å². The Morgan fingerprint density at radius 3 is 2.43 bits per heavy atom. The molecule has 4 rings (SSSR count). The van der Waals surface area contributed by atoms with Crippen LogP contribution in [0, 0.1) is 11.8 Å². The van der Waals surface area contributed by atoms with E-state index >= 15 is 0 Å². The molecule has 0 radical (unpaired) electrons. The van der Waals surface area contributed by atoms with Crippen molar-refractivity contribution in [3.05, 3.63) is 47.0 Å². The van der Waals surface area contributed by atoms with E-state index in [0.29, 0.717) is 18.8 Å². The van der Waals surface area contributed by atoms with Crippen LogP contribution in [-0.2, 0) is 22.0 Å². The van der Waals surface area contributed by atoms with Gasteiger partial charge in [0, 0.05) is 18.8 Å². The lowest BCUT2D eigenvalue weighted by Crippen LogP contribution is -2.46. The van der Waals surface area contributed by atoms with Crippen molar-refractivity contribution in [3.8, 4) is 0 Å². The average Bonchev–Trinajstić information content (AvgIpc) is 3.30. The average molecular weight is 433 g/mol. The molecule has 166 valence electrons. The number of benzene rings is 1. The minimum atomic E-state index is -1.96. The van der Waals surface area contributed by atoms with Gasteiger partial charge in [-0.05, 0) is 60.0 Å². The number of aliphatic hydroxyl groups is 1. The summed E-state index contributed by atoms with van der Waals surface area (Å²) in [4.78, 5) is 0. The lowest BCUT2D eigenvalue weighted by Gasteiger charge is -2.41. The van der Waals surface area contributed by atoms with Crippen molar-refractivity contribution in [2.45, 2.75) is 95.7 Å². The molecular formula is C25H37FO3Si. The van der Waals surface area contributed by atoms with Crippen molar-refractivity contribution in [1.82, 2.24) is 0 Å². The van der Waals surface area contributed by atoms with Gasteiger partial charge >= 0.3 is 0 Å². The summed E-state index contributed by atoms with van der Waals surface area (Å²) in [6.45, 7) is 11.4. The zero-order valence-electron chi connectivity index (χ0n) is 19.0. The molecule has 1 saturated heterocycles. The first-order chi connectivity index (χ1) is 14.0. The maximum absolute atomic E-state index is 14.7. The van der Waals surface area contributed by atoms with Crippen LogP contribution >= 0.6 is 0 Å². The van der Waals surface area contributed by atoms with E-state index in [2.05, 4.69) is 64.2 Å². The third-order valence-corrected chi connectivity index (χ3v) is 12.4. The zero-order chi connectivity index (χ0) is 21.7. The molecule has 4 unspecified atom stereocenters. The molecule has 3 aliphatic rings. The fourth-order valence-electron chi connectivity index (χ4n) is 5.14. The predicted molar refractivity (Wildman–Crippen MR) is 121 cm³/mol. The zero-order valence-corrected chi connectivity index (χ0v) is 20.0. The van der Waals surface area contributed by atoms with E-state index in [1.54, 1.807) is 0 Å². The number of alkyl halides is 1. The van der Waals surface area contributed by atoms with Crippen LogP contribution in [-0.4, -0.2) is 38.1 Å². The van der Waals surface area contributed by atoms with Gasteiger partial charge in [-0.2, -0.15) is 0 Å². The summed E-state index contributed by atoms with van der Waals surface area (Å²) < 4.78 is 27.2. The summed E-state index contributed by atoms with van der Waals surface area (Å²) in [6, 6.07) is 8.69. The van der Waals surface area contributed by atoms with Crippen LogP contribution in [0.3, 0.4) is 0 Å². The summed E-state index contributed by atoms with van der Waals surface area (Å²) in [6.07, 6.45) is 3.99. The second-order valence-corrected chi connectivity index (χ2v) is 15.7. The number of hydrogen-bond acceptors (Lipinski definition) is 3. The van der Waals surface area contributed by atoms with Crippen molar-refractivity contribution >= 4 is 8.32 Å². The van der Waals surface area contributed by atoms with Crippen LogP contribution in [0.5, 0.6) is 0 Å². The van der Waals surface area contributed by atoms with Gasteiger partial charge in [-0.15, -0.1) is 0 Å². The largest absolute Gasteiger partial charge is 0.413 e. The highest BCUT2D eigenvalue weighted by atomic mass is 28.4. The lowest BCUT2D eigenvalue weighted by atomic mass is 9.93. The molecule has 2 aliphatic carbocycles. The Labute approximate surface area is 181 Å². The third kappa shape index (κ3) is 4.32. The van der Waals surface area contributed by atoms with Crippen molar-refractivity contribution in [2.24, 2.45) is 11.8 Å². The van der Waals surface area contributed by atoms with Gasteiger partial charge in [0.25, 0.3) is 0 Å². The molecule has 3 nitrogen and oxygen atoms in total. The van der Waals surface area contributed by atoms with Crippen molar-refractivity contribution in [3.63, 3.8) is 0 Å². The molecule has 0 amide bonds. The number of hydrogen-bond donors (Lipinski definition) is 1. The first kappa shape index (κ1) is 22.2. The summed E-state index contributed by atoms with van der Waals surface area (Å²) in [5, 5.41) is 9.97. The van der Waals surface area contributed by atoms with E-state index in [1.807, 2.05) is 0 Å². The van der Waals surface area contributed by atoms with Gasteiger partial charge in [0.05, 0.1) is 12.2 Å². The van der Waals surface area contributed by atoms with Crippen molar-refractivity contribution in [1.29, 1.82) is 0 Å². The van der Waals surface area contributed by atoms with Crippen molar-refractivity contribution < 1.29 is 18.7 Å². The fraction of sp³-hybridized carbons (Fsp3) is 0.680. The Balaban J connectivity index is 1.55. The summed E-state index contributed by atoms with van der Waals surface area (Å²) in [7, 11) is -1.96. The first-order valence-electron chi connectivity index (χ1n) is 11.5. The van der Waals surface area contributed by atoms with Gasteiger partial charge in [-0.1, -0.05) is 51.1 Å². The van der Waals surface area contributed by atoms with Gasteiger partial charge in [-0.25, -0.2) is 4.39 Å². The van der Waals surface area contributed by atoms with E-state index in [4.69, 9.17) is 9.16 Å². The number of aliphatic hydroxyl groups excluding tert-OH is 1. The molecule has 1 saturated carbocycles. The second kappa shape index (κ2) is 8.16. The van der Waals surface area contributed by atoms with E-state index in [-0.39, 0.29) is 23.2 Å². The highest BCUT2D eigenvalue weighted by molar-refractivity contribution is 6.74. The topological polar surface area (TPSA) is 38.7 Å². The van der Waals surface area contributed by atoms with Crippen LogP contribution in [0.15, 0.2) is 35.9 Å². The van der Waals surface area contributed by atoms with E-state index < -0.39 is 20.8 Å². The molecular weight excluding hydrogens is 395 g/mol. The number of fused-ring (bicyclic) bond motifs is 2. The first-order valence-corrected chi connectivity index (χ1v) is 14.4. The lowest BCUT2D eigenvalue weighted by molar-refractivity contribution is -0.0928. The standard InChI is InChI=1S/C25H37FO3Si/c1-25(2,3)30(4,5)29-22(18-12-16-8-6-7-9-17(16)13-18)11-10-19-20-14-24(27)28-23(20)15-21(19)26/h6-10,18,20-24,27H,11-15H2,1-5H3/b19-10+/t20?,21-,22?,23?,24?/m0/s1. The molecule has 1 N–H and O–H groups in total. The van der Waals surface area contributed by atoms with Crippen LogP contribution in [0.25, 0.3) is 0 Å². The molecule has 0 aromatic heterocycles. The number of halogens is 1. The molecule has 1 aliphatic heterocycles. The van der Waals surface area contributed by atoms with Crippen LogP contribution < -0.4 is 0 Å². The number of rotatable bonds is 5. The highest BCUT2D eigenvalue weighted by Crippen LogP contribution is 2.45. The Morgan fingerprint density at radius 1 is 1.20 bits per heavy atom. The molecule has 5 heteroatoms. The summed E-state index contributed by atoms with van der Waals surface area (Å²) >= 11 is 0. The minimum Gasteiger partial charge on any atom is -0.413 e. The molecule has 30 heavy (non-hydrogen) atoms. The maximum Gasteiger partial charge on any atom is 0.192 e. The Hall–Kier alpha value is -1.01. The summed E-state index contributed by atoms with van der Waals surface area (Å²) in [5.41, 5.74) is 3.68. The smallest absolute Gasteiger partial charge is 0.192 e. The molecule has 5 atom stereocenters. The molecule has 0 bridgehead atoms. The van der Waals surface area contributed by atoms with Crippen LogP contribution in [0.1, 0.15) is 51.2 Å². The van der Waals surface area contributed by atoms with E-state index in [9.17, 15) is 9.50 Å². The third-order valence-electron chi connectivity index (χ3n) is 7.91. The maximum atomic E-state index is 14.7. The normalized spacial score (nSPS) is 31.9. The van der Waals surface area contributed by atoms with Crippen LogP contribution in [0.4, 0.5) is 4.39 Å². The SMILES string of the molecule is CC(C)(C)[Si](C)(C)OC(C/C=C1\C2CC(O)OC2C[C@@H]1F)C1Cc2ccccc2C1. The Kier molecular flexibility index (Phi) is 6.03. The number of ether oxygens (including phenoxy) is 1. The van der Waals surface area contributed by atoms with E-state index in [0.717, 1.165) is 24.8 Å². The van der Waals surface area contributed by atoms with Gasteiger partial charge < -0.3 is 14.3 Å². The molecule has 1 heterocycles. The molecule has 0 spiro atoms. The predicted octanol–water partition coefficient (Wildman–Crippen LogP) is 5.57. The molecule has 1 aromatic rings. The van der Waals surface area contributed by atoms with Gasteiger partial charge in [0.2, 0.25) is 0 Å². The minimum absolute atomic E-state index is 0.0179. The van der Waals surface area contributed by atoms with Crippen molar-refractivity contribution in [2.75, 3.05) is 0 Å². The van der Waals surface area contributed by atoms with E-state index in [1.165, 1.54) is 11.1 Å². The fourth-order valence-corrected chi connectivity index (χ4v) is 6.54. The van der Waals surface area contributed by atoms with Crippen LogP contribution in [0.2, 0.25) is 18.1 Å². The second-order valence-electron chi connectivity index (χ2n) is 11.0.